The molecular formula is C14H17N3O. The van der Waals surface area contributed by atoms with E-state index in [2.05, 4.69) is 23.1 Å². The van der Waals surface area contributed by atoms with E-state index in [4.69, 9.17) is 5.26 Å². The van der Waals surface area contributed by atoms with Gasteiger partial charge in [0.25, 0.3) is 0 Å². The molecule has 0 atom stereocenters. The first-order valence-corrected chi connectivity index (χ1v) is 6.11. The van der Waals surface area contributed by atoms with Gasteiger partial charge in [-0.3, -0.25) is 9.69 Å². The number of nitrogens with zero attached hydrogens (tertiary/aromatic N) is 3. The van der Waals surface area contributed by atoms with Gasteiger partial charge in [0.05, 0.1) is 19.0 Å². The Hall–Kier alpha value is -1.86. The van der Waals surface area contributed by atoms with Gasteiger partial charge >= 0.3 is 0 Å². The van der Waals surface area contributed by atoms with Gasteiger partial charge in [0, 0.05) is 26.7 Å². The van der Waals surface area contributed by atoms with Crippen LogP contribution in [0.15, 0.2) is 24.3 Å². The van der Waals surface area contributed by atoms with E-state index >= 15 is 0 Å². The first-order chi connectivity index (χ1) is 8.70. The Morgan fingerprint density at radius 3 is 2.56 bits per heavy atom. The summed E-state index contributed by atoms with van der Waals surface area (Å²) in [5.41, 5.74) is 2.62. The number of carbonyl (C=O) groups excluding carboxylic acids is 1. The molecule has 1 aromatic rings. The molecule has 0 bridgehead atoms. The topological polar surface area (TPSA) is 47.3 Å². The summed E-state index contributed by atoms with van der Waals surface area (Å²) in [6, 6.07) is 10.3. The minimum Gasteiger partial charge on any atom is -0.344 e. The van der Waals surface area contributed by atoms with Crippen LogP contribution in [-0.4, -0.2) is 35.8 Å². The van der Waals surface area contributed by atoms with E-state index in [9.17, 15) is 4.79 Å². The number of carbonyl (C=O) groups is 1. The lowest BCUT2D eigenvalue weighted by molar-refractivity contribution is -0.131. The van der Waals surface area contributed by atoms with E-state index in [-0.39, 0.29) is 5.91 Å². The highest BCUT2D eigenvalue weighted by atomic mass is 16.2. The van der Waals surface area contributed by atoms with Crippen molar-refractivity contribution in [2.75, 3.05) is 20.1 Å². The summed E-state index contributed by atoms with van der Waals surface area (Å²) in [5.74, 6) is 0.0815. The van der Waals surface area contributed by atoms with E-state index in [1.807, 2.05) is 12.1 Å². The predicted octanol–water partition coefficient (Wildman–Crippen LogP) is 1.37. The largest absolute Gasteiger partial charge is 0.344 e. The Morgan fingerprint density at radius 1 is 1.39 bits per heavy atom. The Bertz CT molecular complexity index is 453. The number of likely N-dealkylation sites (N-methyl/N-ethyl adjacent to an activating group) is 1. The van der Waals surface area contributed by atoms with Gasteiger partial charge in [0.2, 0.25) is 5.91 Å². The van der Waals surface area contributed by atoms with Gasteiger partial charge in [0.1, 0.15) is 0 Å². The summed E-state index contributed by atoms with van der Waals surface area (Å²) in [7, 11) is 1.75. The predicted molar refractivity (Wildman–Crippen MR) is 68.4 cm³/mol. The van der Waals surface area contributed by atoms with Crippen LogP contribution in [0, 0.1) is 11.3 Å². The van der Waals surface area contributed by atoms with Gasteiger partial charge in [-0.1, -0.05) is 24.3 Å². The van der Waals surface area contributed by atoms with Crippen molar-refractivity contribution < 1.29 is 4.79 Å². The summed E-state index contributed by atoms with van der Waals surface area (Å²) in [6.07, 6.45) is 0.391. The molecule has 1 aliphatic heterocycles. The molecule has 2 rings (SSSR count). The van der Waals surface area contributed by atoms with E-state index < -0.39 is 0 Å². The molecule has 1 heterocycles. The lowest BCUT2D eigenvalue weighted by atomic mass is 10.1. The second-order valence-electron chi connectivity index (χ2n) is 4.64. The standard InChI is InChI=1S/C14H17N3O/c1-16(8-4-7-15)14(18)11-17-9-12-5-2-3-6-13(12)10-17/h2-3,5-6H,4,8-11H2,1H3. The fourth-order valence-electron chi connectivity index (χ4n) is 2.17. The van der Waals surface area contributed by atoms with Crippen molar-refractivity contribution in [1.82, 2.24) is 9.80 Å². The highest BCUT2D eigenvalue weighted by molar-refractivity contribution is 5.78. The van der Waals surface area contributed by atoms with Gasteiger partial charge in [-0.05, 0) is 11.1 Å². The van der Waals surface area contributed by atoms with Crippen LogP contribution >= 0.6 is 0 Å². The fraction of sp³-hybridized carbons (Fsp3) is 0.429. The molecule has 0 unspecified atom stereocenters. The molecule has 1 aliphatic rings. The maximum Gasteiger partial charge on any atom is 0.236 e. The maximum absolute atomic E-state index is 11.9. The third-order valence-electron chi connectivity index (χ3n) is 3.25. The molecule has 0 saturated carbocycles. The SMILES string of the molecule is CN(CCC#N)C(=O)CN1Cc2ccccc2C1. The van der Waals surface area contributed by atoms with Crippen LogP contribution in [0.5, 0.6) is 0 Å². The molecule has 4 heteroatoms. The average Bonchev–Trinajstić information content (AvgIpc) is 2.77. The van der Waals surface area contributed by atoms with Gasteiger partial charge in [-0.2, -0.15) is 5.26 Å². The molecule has 18 heavy (non-hydrogen) atoms. The molecule has 0 radical (unpaired) electrons. The van der Waals surface area contributed by atoms with Crippen molar-refractivity contribution in [3.8, 4) is 6.07 Å². The lowest BCUT2D eigenvalue weighted by Gasteiger charge is -2.20. The quantitative estimate of drug-likeness (QED) is 0.802. The minimum atomic E-state index is 0.0815. The number of hydrogen-bond donors (Lipinski definition) is 0. The van der Waals surface area contributed by atoms with Gasteiger partial charge in [-0.15, -0.1) is 0 Å². The summed E-state index contributed by atoms with van der Waals surface area (Å²) in [5, 5.41) is 8.50. The second kappa shape index (κ2) is 5.65. The van der Waals surface area contributed by atoms with Crippen LogP contribution in [0.3, 0.4) is 0 Å². The first-order valence-electron chi connectivity index (χ1n) is 6.11. The van der Waals surface area contributed by atoms with Crippen molar-refractivity contribution in [2.24, 2.45) is 0 Å². The molecule has 0 N–H and O–H groups in total. The second-order valence-corrected chi connectivity index (χ2v) is 4.64. The smallest absolute Gasteiger partial charge is 0.236 e. The summed E-state index contributed by atoms with van der Waals surface area (Å²) >= 11 is 0. The zero-order chi connectivity index (χ0) is 13.0. The minimum absolute atomic E-state index is 0.0815. The van der Waals surface area contributed by atoms with Gasteiger partial charge < -0.3 is 4.90 Å². The number of amides is 1. The van der Waals surface area contributed by atoms with Crippen molar-refractivity contribution in [1.29, 1.82) is 5.26 Å². The van der Waals surface area contributed by atoms with Crippen LogP contribution in [0.2, 0.25) is 0 Å². The zero-order valence-electron chi connectivity index (χ0n) is 10.6. The van der Waals surface area contributed by atoms with E-state index in [0.717, 1.165) is 13.1 Å². The van der Waals surface area contributed by atoms with E-state index in [1.165, 1.54) is 11.1 Å². The molecule has 0 aliphatic carbocycles. The van der Waals surface area contributed by atoms with Crippen molar-refractivity contribution in [2.45, 2.75) is 19.5 Å². The number of rotatable bonds is 4. The monoisotopic (exact) mass is 243 g/mol. The molecule has 0 aromatic heterocycles. The van der Waals surface area contributed by atoms with E-state index in [1.54, 1.807) is 11.9 Å². The number of fused-ring (bicyclic) bond motifs is 1. The normalized spacial score (nSPS) is 14.0. The van der Waals surface area contributed by atoms with Crippen molar-refractivity contribution in [3.63, 3.8) is 0 Å². The highest BCUT2D eigenvalue weighted by Gasteiger charge is 2.21. The van der Waals surface area contributed by atoms with Crippen LogP contribution in [0.1, 0.15) is 17.5 Å². The molecule has 0 spiro atoms. The third kappa shape index (κ3) is 2.88. The molecule has 94 valence electrons. The number of nitriles is 1. The van der Waals surface area contributed by atoms with Crippen LogP contribution in [0.25, 0.3) is 0 Å². The summed E-state index contributed by atoms with van der Waals surface area (Å²) < 4.78 is 0. The molecular weight excluding hydrogens is 226 g/mol. The Labute approximate surface area is 107 Å². The van der Waals surface area contributed by atoms with Crippen LogP contribution in [-0.2, 0) is 17.9 Å². The van der Waals surface area contributed by atoms with Gasteiger partial charge in [-0.25, -0.2) is 0 Å². The fourth-order valence-corrected chi connectivity index (χ4v) is 2.17. The number of hydrogen-bond acceptors (Lipinski definition) is 3. The molecule has 4 nitrogen and oxygen atoms in total. The first kappa shape index (κ1) is 12.6. The zero-order valence-corrected chi connectivity index (χ0v) is 10.6. The lowest BCUT2D eigenvalue weighted by Crippen LogP contribution is -2.36. The molecule has 0 fully saturated rings. The van der Waals surface area contributed by atoms with Crippen LogP contribution < -0.4 is 0 Å². The van der Waals surface area contributed by atoms with Gasteiger partial charge in [0.15, 0.2) is 0 Å². The summed E-state index contributed by atoms with van der Waals surface area (Å²) in [6.45, 7) is 2.62. The number of benzene rings is 1. The van der Waals surface area contributed by atoms with E-state index in [0.29, 0.717) is 19.5 Å². The van der Waals surface area contributed by atoms with Crippen LogP contribution in [0.4, 0.5) is 0 Å². The van der Waals surface area contributed by atoms with Crippen molar-refractivity contribution >= 4 is 5.91 Å². The molecule has 1 amide bonds. The van der Waals surface area contributed by atoms with Crippen molar-refractivity contribution in [3.05, 3.63) is 35.4 Å². The maximum atomic E-state index is 11.9. The third-order valence-corrected chi connectivity index (χ3v) is 3.25. The molecule has 1 aromatic carbocycles. The average molecular weight is 243 g/mol. The Balaban J connectivity index is 1.86. The Kier molecular flexibility index (Phi) is 3.96. The Morgan fingerprint density at radius 2 is 2.00 bits per heavy atom. The highest BCUT2D eigenvalue weighted by Crippen LogP contribution is 2.21. The molecule has 0 saturated heterocycles. The summed E-state index contributed by atoms with van der Waals surface area (Å²) in [4.78, 5) is 15.7.